The Hall–Kier alpha value is -3.86. The Kier molecular flexibility index (Phi) is 5.74. The molecule has 12 heteroatoms. The van der Waals surface area contributed by atoms with Gasteiger partial charge in [-0.25, -0.2) is 14.6 Å². The minimum atomic E-state index is -4.75. The molecule has 2 aromatic carbocycles. The molecule has 0 amide bonds. The van der Waals surface area contributed by atoms with Gasteiger partial charge in [-0.1, -0.05) is 23.7 Å². The van der Waals surface area contributed by atoms with E-state index < -0.39 is 46.1 Å². The molecule has 8 nitrogen and oxygen atoms in total. The number of aromatic carboxylic acids is 1. The van der Waals surface area contributed by atoms with Gasteiger partial charge in [-0.05, 0) is 49.1 Å². The monoisotopic (exact) mass is 518 g/mol. The minimum absolute atomic E-state index is 0.158. The molecule has 2 aromatic heterocycles. The fraction of sp³-hybridized carbons (Fsp3) is 0.250. The second-order valence-electron chi connectivity index (χ2n) is 8.58. The Labute approximate surface area is 205 Å². The van der Waals surface area contributed by atoms with Gasteiger partial charge in [-0.3, -0.25) is 13.9 Å². The van der Waals surface area contributed by atoms with Crippen LogP contribution < -0.4 is 11.2 Å². The third kappa shape index (κ3) is 3.98. The summed E-state index contributed by atoms with van der Waals surface area (Å²) in [6.07, 6.45) is 1.07. The summed E-state index contributed by atoms with van der Waals surface area (Å²) < 4.78 is 43.4. The molecule has 0 radical (unpaired) electrons. The van der Waals surface area contributed by atoms with Crippen LogP contribution in [0.4, 0.5) is 13.2 Å². The van der Waals surface area contributed by atoms with Crippen molar-refractivity contribution in [2.75, 3.05) is 0 Å². The van der Waals surface area contributed by atoms with Gasteiger partial charge >= 0.3 is 17.8 Å². The van der Waals surface area contributed by atoms with E-state index in [1.54, 1.807) is 24.5 Å². The molecular formula is C24H18ClF3N4O4. The lowest BCUT2D eigenvalue weighted by Crippen LogP contribution is -2.42. The Morgan fingerprint density at radius 3 is 2.56 bits per heavy atom. The lowest BCUT2D eigenvalue weighted by molar-refractivity contribution is -0.137. The third-order valence-corrected chi connectivity index (χ3v) is 6.86. The number of rotatable bonds is 5. The van der Waals surface area contributed by atoms with E-state index in [9.17, 15) is 32.7 Å². The van der Waals surface area contributed by atoms with Crippen LogP contribution in [0.1, 0.15) is 46.8 Å². The highest BCUT2D eigenvalue weighted by atomic mass is 35.5. The molecule has 186 valence electrons. The SMILES string of the molecule is O=C(O)c1cn(-c2ccc3c(c2)ncn3C2CCC2)c(=O)n(Cc2cccc(C(F)(F)F)c2Cl)c1=O. The number of alkyl halides is 3. The second-order valence-corrected chi connectivity index (χ2v) is 8.96. The van der Waals surface area contributed by atoms with Gasteiger partial charge in [-0.2, -0.15) is 13.2 Å². The smallest absolute Gasteiger partial charge is 0.417 e. The normalized spacial score (nSPS) is 14.2. The van der Waals surface area contributed by atoms with Gasteiger partial charge in [-0.15, -0.1) is 0 Å². The standard InChI is InChI=1S/C24H18ClF3N4O4/c25-20-13(3-1-6-17(20)24(26,27)28)10-31-21(33)16(22(34)35)11-30(23(31)36)15-7-8-19-18(9-15)29-12-32(19)14-4-2-5-14/h1,3,6-9,11-12,14H,2,4-5,10H2,(H,34,35). The number of nitrogens with zero attached hydrogens (tertiary/aromatic N) is 4. The van der Waals surface area contributed by atoms with Crippen LogP contribution >= 0.6 is 11.6 Å². The van der Waals surface area contributed by atoms with Gasteiger partial charge in [0.2, 0.25) is 0 Å². The highest BCUT2D eigenvalue weighted by Gasteiger charge is 2.34. The Bertz CT molecular complexity index is 1630. The molecule has 0 atom stereocenters. The minimum Gasteiger partial charge on any atom is -0.477 e. The van der Waals surface area contributed by atoms with Crippen LogP contribution in [0, 0.1) is 0 Å². The topological polar surface area (TPSA) is 99.1 Å². The second kappa shape index (κ2) is 8.66. The number of benzene rings is 2. The molecule has 0 unspecified atom stereocenters. The number of halogens is 4. The maximum atomic E-state index is 13.3. The van der Waals surface area contributed by atoms with Gasteiger partial charge in [0.15, 0.2) is 0 Å². The summed E-state index contributed by atoms with van der Waals surface area (Å²) in [5.74, 6) is -1.59. The molecule has 1 N–H and O–H groups in total. The first-order chi connectivity index (χ1) is 17.1. The van der Waals surface area contributed by atoms with Crippen molar-refractivity contribution < 1.29 is 23.1 Å². The summed E-state index contributed by atoms with van der Waals surface area (Å²) in [5, 5.41) is 8.90. The number of fused-ring (bicyclic) bond motifs is 1. The van der Waals surface area contributed by atoms with Crippen molar-refractivity contribution in [1.82, 2.24) is 18.7 Å². The molecule has 0 saturated heterocycles. The number of carbonyl (C=O) groups is 1. The molecule has 5 rings (SSSR count). The van der Waals surface area contributed by atoms with E-state index in [0.717, 1.165) is 47.7 Å². The van der Waals surface area contributed by atoms with Crippen molar-refractivity contribution in [2.24, 2.45) is 0 Å². The van der Waals surface area contributed by atoms with Crippen LogP contribution in [0.3, 0.4) is 0 Å². The highest BCUT2D eigenvalue weighted by molar-refractivity contribution is 6.32. The number of hydrogen-bond donors (Lipinski definition) is 1. The van der Waals surface area contributed by atoms with Crippen molar-refractivity contribution in [3.63, 3.8) is 0 Å². The molecule has 36 heavy (non-hydrogen) atoms. The molecular weight excluding hydrogens is 501 g/mol. The average molecular weight is 519 g/mol. The molecule has 0 spiro atoms. The number of carboxylic acid groups (broad SMARTS) is 1. The van der Waals surface area contributed by atoms with Crippen LogP contribution in [-0.4, -0.2) is 29.8 Å². The van der Waals surface area contributed by atoms with E-state index >= 15 is 0 Å². The summed E-state index contributed by atoms with van der Waals surface area (Å²) >= 11 is 5.95. The molecule has 4 aromatic rings. The maximum absolute atomic E-state index is 13.3. The zero-order valence-electron chi connectivity index (χ0n) is 18.5. The summed E-state index contributed by atoms with van der Waals surface area (Å²) in [5.41, 5.74) is -2.44. The largest absolute Gasteiger partial charge is 0.477 e. The van der Waals surface area contributed by atoms with Crippen LogP contribution in [0.5, 0.6) is 0 Å². The zero-order valence-corrected chi connectivity index (χ0v) is 19.3. The summed E-state index contributed by atoms with van der Waals surface area (Å²) in [6.45, 7) is -0.653. The molecule has 0 bridgehead atoms. The molecule has 2 heterocycles. The first-order valence-corrected chi connectivity index (χ1v) is 11.4. The van der Waals surface area contributed by atoms with Crippen LogP contribution in [0.25, 0.3) is 16.7 Å². The molecule has 1 saturated carbocycles. The summed E-state index contributed by atoms with van der Waals surface area (Å²) in [7, 11) is 0. The first kappa shape index (κ1) is 23.9. The van der Waals surface area contributed by atoms with Crippen molar-refractivity contribution in [3.05, 3.63) is 91.5 Å². The quantitative estimate of drug-likeness (QED) is 0.419. The zero-order chi connectivity index (χ0) is 25.8. The van der Waals surface area contributed by atoms with Crippen molar-refractivity contribution in [2.45, 2.75) is 38.0 Å². The van der Waals surface area contributed by atoms with E-state index in [2.05, 4.69) is 4.98 Å². The fourth-order valence-electron chi connectivity index (χ4n) is 4.29. The first-order valence-electron chi connectivity index (χ1n) is 11.0. The van der Waals surface area contributed by atoms with Gasteiger partial charge < -0.3 is 9.67 Å². The molecule has 1 aliphatic carbocycles. The highest BCUT2D eigenvalue weighted by Crippen LogP contribution is 2.36. The van der Waals surface area contributed by atoms with Gasteiger partial charge in [0.05, 0.1) is 40.2 Å². The van der Waals surface area contributed by atoms with Crippen LogP contribution in [0.2, 0.25) is 5.02 Å². The molecule has 1 aliphatic rings. The number of hydrogen-bond acceptors (Lipinski definition) is 4. The Balaban J connectivity index is 1.64. The number of aromatic nitrogens is 4. The van der Waals surface area contributed by atoms with E-state index in [1.807, 2.05) is 4.57 Å². The van der Waals surface area contributed by atoms with Gasteiger partial charge in [0.1, 0.15) is 5.56 Å². The maximum Gasteiger partial charge on any atom is 0.417 e. The summed E-state index contributed by atoms with van der Waals surface area (Å²) in [6, 6.07) is 8.39. The van der Waals surface area contributed by atoms with E-state index in [-0.39, 0.29) is 11.3 Å². The van der Waals surface area contributed by atoms with Gasteiger partial charge in [0.25, 0.3) is 5.56 Å². The predicted molar refractivity (Wildman–Crippen MR) is 125 cm³/mol. The fourth-order valence-corrected chi connectivity index (χ4v) is 4.58. The lowest BCUT2D eigenvalue weighted by atomic mass is 9.93. The van der Waals surface area contributed by atoms with E-state index in [0.29, 0.717) is 16.1 Å². The van der Waals surface area contributed by atoms with Crippen LogP contribution in [0.15, 0.2) is 58.5 Å². The molecule has 1 fully saturated rings. The predicted octanol–water partition coefficient (Wildman–Crippen LogP) is 4.49. The third-order valence-electron chi connectivity index (χ3n) is 6.42. The van der Waals surface area contributed by atoms with Crippen molar-refractivity contribution >= 4 is 28.6 Å². The van der Waals surface area contributed by atoms with E-state index in [4.69, 9.17) is 11.6 Å². The number of imidazole rings is 1. The van der Waals surface area contributed by atoms with E-state index in [1.165, 1.54) is 6.07 Å². The Morgan fingerprint density at radius 2 is 1.92 bits per heavy atom. The van der Waals surface area contributed by atoms with Crippen LogP contribution in [-0.2, 0) is 12.7 Å². The van der Waals surface area contributed by atoms with Gasteiger partial charge in [0, 0.05) is 12.2 Å². The van der Waals surface area contributed by atoms with Crippen molar-refractivity contribution in [1.29, 1.82) is 0 Å². The number of carboxylic acids is 1. The molecule has 0 aliphatic heterocycles. The van der Waals surface area contributed by atoms with Crippen molar-refractivity contribution in [3.8, 4) is 5.69 Å². The lowest BCUT2D eigenvalue weighted by Gasteiger charge is -2.27. The average Bonchev–Trinajstić information content (AvgIpc) is 3.18. The summed E-state index contributed by atoms with van der Waals surface area (Å²) in [4.78, 5) is 42.3. The Morgan fingerprint density at radius 1 is 1.17 bits per heavy atom.